The molecule has 0 aliphatic carbocycles. The number of hydrogen-bond donors (Lipinski definition) is 1. The first kappa shape index (κ1) is 14.1. The predicted octanol–water partition coefficient (Wildman–Crippen LogP) is 5.44. The van der Waals surface area contributed by atoms with Gasteiger partial charge in [0.05, 0.1) is 10.7 Å². The zero-order valence-electron chi connectivity index (χ0n) is 10.1. The summed E-state index contributed by atoms with van der Waals surface area (Å²) in [5.74, 6) is -0.879. The van der Waals surface area contributed by atoms with Crippen LogP contribution in [0.5, 0.6) is 0 Å². The molecule has 0 bridgehead atoms. The topological polar surface area (TPSA) is 12.0 Å². The van der Waals surface area contributed by atoms with Crippen LogP contribution in [0, 0.1) is 11.6 Å². The lowest BCUT2D eigenvalue weighted by Gasteiger charge is -2.17. The maximum atomic E-state index is 13.6. The van der Waals surface area contributed by atoms with Crippen LogP contribution in [0.15, 0.2) is 36.4 Å². The van der Waals surface area contributed by atoms with Gasteiger partial charge in [-0.15, -0.1) is 0 Å². The fourth-order valence-corrected chi connectivity index (χ4v) is 2.07. The van der Waals surface area contributed by atoms with Gasteiger partial charge in [0.1, 0.15) is 11.6 Å². The average Bonchev–Trinajstić information content (AvgIpc) is 2.37. The molecule has 0 heterocycles. The zero-order chi connectivity index (χ0) is 14.0. The third-order valence-corrected chi connectivity index (χ3v) is 3.27. The van der Waals surface area contributed by atoms with Gasteiger partial charge in [-0.1, -0.05) is 29.3 Å². The zero-order valence-corrected chi connectivity index (χ0v) is 11.6. The van der Waals surface area contributed by atoms with Crippen LogP contribution in [-0.2, 0) is 0 Å². The van der Waals surface area contributed by atoms with Crippen LogP contribution in [0.1, 0.15) is 18.5 Å². The Labute approximate surface area is 120 Å². The van der Waals surface area contributed by atoms with Gasteiger partial charge in [0.2, 0.25) is 0 Å². The highest BCUT2D eigenvalue weighted by molar-refractivity contribution is 6.31. The van der Waals surface area contributed by atoms with Crippen molar-refractivity contribution in [3.8, 4) is 0 Å². The van der Waals surface area contributed by atoms with E-state index in [1.165, 1.54) is 30.3 Å². The maximum absolute atomic E-state index is 13.6. The smallest absolute Gasteiger partial charge is 0.146 e. The monoisotopic (exact) mass is 301 g/mol. The van der Waals surface area contributed by atoms with E-state index in [-0.39, 0.29) is 11.1 Å². The van der Waals surface area contributed by atoms with Crippen molar-refractivity contribution >= 4 is 28.9 Å². The van der Waals surface area contributed by atoms with Gasteiger partial charge in [0.15, 0.2) is 0 Å². The summed E-state index contributed by atoms with van der Waals surface area (Å²) in [5.41, 5.74) is 1.05. The largest absolute Gasteiger partial charge is 0.376 e. The summed E-state index contributed by atoms with van der Waals surface area (Å²) in [6.45, 7) is 1.82. The average molecular weight is 302 g/mol. The molecular formula is C14H11Cl2F2N. The van der Waals surface area contributed by atoms with Crippen molar-refractivity contribution in [1.29, 1.82) is 0 Å². The molecule has 2 aromatic rings. The number of halogens is 4. The van der Waals surface area contributed by atoms with E-state index in [1.54, 1.807) is 6.07 Å². The number of anilines is 1. The fraction of sp³-hybridized carbons (Fsp3) is 0.143. The lowest BCUT2D eigenvalue weighted by Crippen LogP contribution is -2.08. The first-order valence-electron chi connectivity index (χ1n) is 5.64. The lowest BCUT2D eigenvalue weighted by molar-refractivity contribution is 0.624. The molecule has 0 radical (unpaired) electrons. The Kier molecular flexibility index (Phi) is 4.27. The third-order valence-electron chi connectivity index (χ3n) is 2.74. The summed E-state index contributed by atoms with van der Waals surface area (Å²) >= 11 is 11.5. The van der Waals surface area contributed by atoms with Crippen molar-refractivity contribution < 1.29 is 8.78 Å². The predicted molar refractivity (Wildman–Crippen MR) is 74.9 cm³/mol. The summed E-state index contributed by atoms with van der Waals surface area (Å²) in [7, 11) is 0. The molecule has 1 nitrogen and oxygen atoms in total. The van der Waals surface area contributed by atoms with Crippen molar-refractivity contribution in [2.24, 2.45) is 0 Å². The van der Waals surface area contributed by atoms with E-state index in [0.717, 1.165) is 5.56 Å². The number of nitrogens with one attached hydrogen (secondary N) is 1. The van der Waals surface area contributed by atoms with Gasteiger partial charge < -0.3 is 5.32 Å². The molecule has 0 aromatic heterocycles. The second kappa shape index (κ2) is 5.76. The first-order valence-corrected chi connectivity index (χ1v) is 6.39. The minimum absolute atomic E-state index is 0.0396. The molecular weight excluding hydrogens is 291 g/mol. The highest BCUT2D eigenvalue weighted by atomic mass is 35.5. The quantitative estimate of drug-likeness (QED) is 0.795. The van der Waals surface area contributed by atoms with Gasteiger partial charge in [0.25, 0.3) is 0 Å². The third kappa shape index (κ3) is 3.37. The molecule has 1 atom stereocenters. The van der Waals surface area contributed by atoms with Gasteiger partial charge in [0, 0.05) is 11.1 Å². The standard InChI is InChI=1S/C14H11Cl2F2N/c1-8(9-2-4-12(17)11(16)6-9)19-14-7-10(15)3-5-13(14)18/h2-8,19H,1H3. The van der Waals surface area contributed by atoms with Crippen LogP contribution < -0.4 is 5.32 Å². The molecule has 0 saturated heterocycles. The molecule has 5 heteroatoms. The number of benzene rings is 2. The van der Waals surface area contributed by atoms with Crippen LogP contribution in [0.2, 0.25) is 10.0 Å². The van der Waals surface area contributed by atoms with Crippen LogP contribution in [0.4, 0.5) is 14.5 Å². The molecule has 1 unspecified atom stereocenters. The van der Waals surface area contributed by atoms with Gasteiger partial charge in [-0.2, -0.15) is 0 Å². The first-order chi connectivity index (χ1) is 8.97. The fourth-order valence-electron chi connectivity index (χ4n) is 1.71. The molecule has 0 aliphatic rings. The van der Waals surface area contributed by atoms with Crippen molar-refractivity contribution in [2.75, 3.05) is 5.32 Å². The van der Waals surface area contributed by atoms with Crippen molar-refractivity contribution in [1.82, 2.24) is 0 Å². The molecule has 0 spiro atoms. The van der Waals surface area contributed by atoms with E-state index in [0.29, 0.717) is 10.7 Å². The van der Waals surface area contributed by atoms with Crippen LogP contribution >= 0.6 is 23.2 Å². The van der Waals surface area contributed by atoms with Gasteiger partial charge in [-0.25, -0.2) is 8.78 Å². The van der Waals surface area contributed by atoms with E-state index in [4.69, 9.17) is 23.2 Å². The van der Waals surface area contributed by atoms with Crippen LogP contribution in [0.25, 0.3) is 0 Å². The Morgan fingerprint density at radius 1 is 1.00 bits per heavy atom. The van der Waals surface area contributed by atoms with Crippen molar-refractivity contribution in [2.45, 2.75) is 13.0 Å². The minimum atomic E-state index is -0.480. The summed E-state index contributed by atoms with van der Waals surface area (Å²) in [4.78, 5) is 0. The second-order valence-corrected chi connectivity index (χ2v) is 5.01. The van der Waals surface area contributed by atoms with Gasteiger partial charge in [-0.3, -0.25) is 0 Å². The van der Waals surface area contributed by atoms with Crippen LogP contribution in [-0.4, -0.2) is 0 Å². The van der Waals surface area contributed by atoms with E-state index in [2.05, 4.69) is 5.32 Å². The van der Waals surface area contributed by atoms with Gasteiger partial charge >= 0.3 is 0 Å². The Morgan fingerprint density at radius 2 is 1.68 bits per heavy atom. The molecule has 0 fully saturated rings. The maximum Gasteiger partial charge on any atom is 0.146 e. The molecule has 1 N–H and O–H groups in total. The van der Waals surface area contributed by atoms with Crippen LogP contribution in [0.3, 0.4) is 0 Å². The molecule has 100 valence electrons. The number of hydrogen-bond acceptors (Lipinski definition) is 1. The molecule has 2 aromatic carbocycles. The van der Waals surface area contributed by atoms with E-state index >= 15 is 0 Å². The summed E-state index contributed by atoms with van der Waals surface area (Å²) in [6, 6.07) is 8.42. The Bertz CT molecular complexity index is 602. The highest BCUT2D eigenvalue weighted by Gasteiger charge is 2.11. The van der Waals surface area contributed by atoms with E-state index in [1.807, 2.05) is 6.92 Å². The van der Waals surface area contributed by atoms with Crippen molar-refractivity contribution in [3.63, 3.8) is 0 Å². The molecule has 0 amide bonds. The molecule has 0 saturated carbocycles. The SMILES string of the molecule is CC(Nc1cc(Cl)ccc1F)c1ccc(F)c(Cl)c1. The van der Waals surface area contributed by atoms with Gasteiger partial charge in [-0.05, 0) is 42.8 Å². The highest BCUT2D eigenvalue weighted by Crippen LogP contribution is 2.26. The van der Waals surface area contributed by atoms with Crippen molar-refractivity contribution in [3.05, 3.63) is 63.6 Å². The summed E-state index contributed by atoms with van der Waals surface area (Å²) in [6.07, 6.45) is 0. The second-order valence-electron chi connectivity index (χ2n) is 4.16. The minimum Gasteiger partial charge on any atom is -0.376 e. The normalized spacial score (nSPS) is 12.3. The lowest BCUT2D eigenvalue weighted by atomic mass is 10.1. The summed E-state index contributed by atoms with van der Waals surface area (Å²) < 4.78 is 26.7. The molecule has 19 heavy (non-hydrogen) atoms. The Morgan fingerprint density at radius 3 is 2.37 bits per heavy atom. The summed E-state index contributed by atoms with van der Waals surface area (Å²) in [5, 5.41) is 3.45. The number of rotatable bonds is 3. The Hall–Kier alpha value is -1.32. The molecule has 0 aliphatic heterocycles. The van der Waals surface area contributed by atoms with E-state index < -0.39 is 11.6 Å². The Balaban J connectivity index is 2.22. The molecule has 2 rings (SSSR count). The van der Waals surface area contributed by atoms with E-state index in [9.17, 15) is 8.78 Å².